The molecule has 0 spiro atoms. The molecule has 0 radical (unpaired) electrons. The second kappa shape index (κ2) is 7.59. The third-order valence-corrected chi connectivity index (χ3v) is 4.03. The van der Waals surface area contributed by atoms with Gasteiger partial charge in [0.15, 0.2) is 16.6 Å². The van der Waals surface area contributed by atoms with Crippen molar-refractivity contribution in [2.75, 3.05) is 18.5 Å². The summed E-state index contributed by atoms with van der Waals surface area (Å²) < 4.78 is 10.8. The maximum atomic E-state index is 12.3. The van der Waals surface area contributed by atoms with Crippen LogP contribution in [0.3, 0.4) is 0 Å². The van der Waals surface area contributed by atoms with Crippen LogP contribution < -0.4 is 20.1 Å². The zero-order valence-electron chi connectivity index (χ0n) is 13.2. The van der Waals surface area contributed by atoms with Crippen LogP contribution in [0.25, 0.3) is 0 Å². The lowest BCUT2D eigenvalue weighted by Gasteiger charge is -2.18. The van der Waals surface area contributed by atoms with Crippen LogP contribution in [0.2, 0.25) is 5.02 Å². The molecule has 2 aromatic rings. The number of anilines is 1. The Morgan fingerprint density at radius 2 is 1.73 bits per heavy atom. The number of halogens is 1. The first kappa shape index (κ1) is 18.0. The molecular weight excluding hydrogens is 380 g/mol. The third kappa shape index (κ3) is 4.04. The monoisotopic (exact) mass is 392 g/mol. The molecule has 0 aliphatic carbocycles. The molecule has 0 aromatic heterocycles. The molecule has 2 aromatic carbocycles. The van der Waals surface area contributed by atoms with E-state index in [4.69, 9.17) is 38.4 Å². The van der Waals surface area contributed by atoms with E-state index in [1.54, 1.807) is 18.2 Å². The molecule has 0 unspecified atom stereocenters. The van der Waals surface area contributed by atoms with Gasteiger partial charge in [-0.2, -0.15) is 0 Å². The lowest BCUT2D eigenvalue weighted by atomic mass is 10.2. The number of thiocarbonyl (C=S) groups is 1. The first-order chi connectivity index (χ1) is 12.4. The van der Waals surface area contributed by atoms with Crippen LogP contribution in [0.15, 0.2) is 36.4 Å². The highest BCUT2D eigenvalue weighted by Gasteiger charge is 2.16. The third-order valence-electron chi connectivity index (χ3n) is 3.49. The molecule has 26 heavy (non-hydrogen) atoms. The molecule has 1 aliphatic heterocycles. The van der Waals surface area contributed by atoms with Gasteiger partial charge in [-0.15, -0.1) is 0 Å². The highest BCUT2D eigenvalue weighted by atomic mass is 35.5. The molecule has 3 N–H and O–H groups in total. The largest absolute Gasteiger partial charge is 0.486 e. The zero-order valence-corrected chi connectivity index (χ0v) is 14.8. The van der Waals surface area contributed by atoms with Gasteiger partial charge < -0.3 is 19.9 Å². The van der Waals surface area contributed by atoms with Crippen LogP contribution in [0.4, 0.5) is 5.69 Å². The van der Waals surface area contributed by atoms with Crippen molar-refractivity contribution in [1.29, 1.82) is 0 Å². The number of hydrogen-bond acceptors (Lipinski definition) is 5. The predicted octanol–water partition coefficient (Wildman–Crippen LogP) is 2.94. The van der Waals surface area contributed by atoms with E-state index in [0.717, 1.165) is 0 Å². The van der Waals surface area contributed by atoms with Gasteiger partial charge in [-0.25, -0.2) is 4.79 Å². The number of carbonyl (C=O) groups is 2. The lowest BCUT2D eigenvalue weighted by molar-refractivity contribution is 0.0696. The Bertz CT molecular complexity index is 903. The molecule has 0 bridgehead atoms. The number of carbonyl (C=O) groups excluding carboxylic acids is 1. The van der Waals surface area contributed by atoms with E-state index in [0.29, 0.717) is 30.3 Å². The fourth-order valence-electron chi connectivity index (χ4n) is 2.27. The van der Waals surface area contributed by atoms with Crippen molar-refractivity contribution < 1.29 is 24.2 Å². The maximum absolute atomic E-state index is 12.3. The average Bonchev–Trinajstić information content (AvgIpc) is 2.62. The molecule has 1 amide bonds. The fraction of sp³-hybridized carbons (Fsp3) is 0.118. The van der Waals surface area contributed by atoms with Crippen molar-refractivity contribution in [2.45, 2.75) is 0 Å². The van der Waals surface area contributed by atoms with E-state index in [1.165, 1.54) is 18.2 Å². The second-order valence-corrected chi connectivity index (χ2v) is 6.08. The van der Waals surface area contributed by atoms with Crippen LogP contribution in [-0.4, -0.2) is 35.3 Å². The Balaban J connectivity index is 1.69. The minimum Gasteiger partial charge on any atom is -0.486 e. The van der Waals surface area contributed by atoms with Crippen molar-refractivity contribution in [1.82, 2.24) is 5.32 Å². The molecule has 134 valence electrons. The van der Waals surface area contributed by atoms with Crippen molar-refractivity contribution in [3.63, 3.8) is 0 Å². The van der Waals surface area contributed by atoms with E-state index in [2.05, 4.69) is 10.6 Å². The number of nitrogens with one attached hydrogen (secondary N) is 2. The SMILES string of the molecule is O=C(O)c1ccc(Cl)c(NC(=S)NC(=O)c2ccc3c(c2)OCCO3)c1. The Labute approximate surface area is 158 Å². The number of fused-ring (bicyclic) bond motifs is 1. The summed E-state index contributed by atoms with van der Waals surface area (Å²) in [4.78, 5) is 23.4. The Morgan fingerprint density at radius 3 is 2.46 bits per heavy atom. The standard InChI is InChI=1S/C17H13ClN2O5S/c18-11-3-1-10(16(22)23)7-12(11)19-17(26)20-15(21)9-2-4-13-14(8-9)25-6-5-24-13/h1-4,7-8H,5-6H2,(H,22,23)(H2,19,20,21,26). The normalized spacial score (nSPS) is 12.2. The highest BCUT2D eigenvalue weighted by molar-refractivity contribution is 7.80. The predicted molar refractivity (Wildman–Crippen MR) is 99.5 cm³/mol. The summed E-state index contributed by atoms with van der Waals surface area (Å²) in [5, 5.41) is 14.5. The summed E-state index contributed by atoms with van der Waals surface area (Å²) in [5.41, 5.74) is 0.653. The van der Waals surface area contributed by atoms with Crippen molar-refractivity contribution >= 4 is 46.5 Å². The van der Waals surface area contributed by atoms with Crippen molar-refractivity contribution in [3.05, 3.63) is 52.5 Å². The maximum Gasteiger partial charge on any atom is 0.335 e. The summed E-state index contributed by atoms with van der Waals surface area (Å²) in [7, 11) is 0. The van der Waals surface area contributed by atoms with E-state index in [1.807, 2.05) is 0 Å². The molecule has 0 fully saturated rings. The topological polar surface area (TPSA) is 96.9 Å². The molecule has 9 heteroatoms. The van der Waals surface area contributed by atoms with E-state index in [9.17, 15) is 9.59 Å². The van der Waals surface area contributed by atoms with Crippen LogP contribution in [0.1, 0.15) is 20.7 Å². The number of carboxylic acids is 1. The quantitative estimate of drug-likeness (QED) is 0.691. The summed E-state index contributed by atoms with van der Waals surface area (Å²) in [6, 6.07) is 8.92. The van der Waals surface area contributed by atoms with Gasteiger partial charge in [-0.1, -0.05) is 11.6 Å². The van der Waals surface area contributed by atoms with Gasteiger partial charge >= 0.3 is 5.97 Å². The molecule has 0 saturated carbocycles. The first-order valence-corrected chi connectivity index (χ1v) is 8.27. The van der Waals surface area contributed by atoms with Crippen molar-refractivity contribution in [2.24, 2.45) is 0 Å². The van der Waals surface area contributed by atoms with Crippen molar-refractivity contribution in [3.8, 4) is 11.5 Å². The minimum atomic E-state index is -1.10. The molecule has 0 saturated heterocycles. The number of carboxylic acid groups (broad SMARTS) is 1. The van der Waals surface area contributed by atoms with E-state index < -0.39 is 11.9 Å². The van der Waals surface area contributed by atoms with E-state index in [-0.39, 0.29) is 21.4 Å². The summed E-state index contributed by atoms with van der Waals surface area (Å²) in [5.74, 6) is -0.494. The highest BCUT2D eigenvalue weighted by Crippen LogP contribution is 2.30. The lowest BCUT2D eigenvalue weighted by Crippen LogP contribution is -2.34. The van der Waals surface area contributed by atoms with Crippen LogP contribution in [-0.2, 0) is 0 Å². The number of rotatable bonds is 3. The van der Waals surface area contributed by atoms with E-state index >= 15 is 0 Å². The number of ether oxygens (including phenoxy) is 2. The van der Waals surface area contributed by atoms with Gasteiger partial charge in [-0.05, 0) is 48.6 Å². The number of aromatic carboxylic acids is 1. The smallest absolute Gasteiger partial charge is 0.335 e. The van der Waals surface area contributed by atoms with Gasteiger partial charge in [0.25, 0.3) is 5.91 Å². The summed E-state index contributed by atoms with van der Waals surface area (Å²) in [6.07, 6.45) is 0. The molecule has 1 heterocycles. The number of benzene rings is 2. The van der Waals surface area contributed by atoms with Gasteiger partial charge in [0.1, 0.15) is 13.2 Å². The molecule has 7 nitrogen and oxygen atoms in total. The van der Waals surface area contributed by atoms with Gasteiger partial charge in [0, 0.05) is 5.56 Å². The van der Waals surface area contributed by atoms with Crippen LogP contribution in [0, 0.1) is 0 Å². The molecule has 3 rings (SSSR count). The van der Waals surface area contributed by atoms with Gasteiger partial charge in [-0.3, -0.25) is 10.1 Å². The Kier molecular flexibility index (Phi) is 5.24. The van der Waals surface area contributed by atoms with Crippen LogP contribution >= 0.6 is 23.8 Å². The van der Waals surface area contributed by atoms with Gasteiger partial charge in [0.05, 0.1) is 16.3 Å². The van der Waals surface area contributed by atoms with Gasteiger partial charge in [0.2, 0.25) is 0 Å². The Morgan fingerprint density at radius 1 is 1.04 bits per heavy atom. The molecular formula is C17H13ClN2O5S. The molecule has 0 atom stereocenters. The number of hydrogen-bond donors (Lipinski definition) is 3. The Hall–Kier alpha value is -2.84. The second-order valence-electron chi connectivity index (χ2n) is 5.27. The zero-order chi connectivity index (χ0) is 18.7. The number of amides is 1. The summed E-state index contributed by atoms with van der Waals surface area (Å²) in [6.45, 7) is 0.874. The average molecular weight is 393 g/mol. The summed E-state index contributed by atoms with van der Waals surface area (Å²) >= 11 is 11.1. The fourth-order valence-corrected chi connectivity index (χ4v) is 2.63. The first-order valence-electron chi connectivity index (χ1n) is 7.49. The molecule has 1 aliphatic rings. The van der Waals surface area contributed by atoms with Crippen LogP contribution in [0.5, 0.6) is 11.5 Å². The minimum absolute atomic E-state index is 0.0191.